The van der Waals surface area contributed by atoms with Crippen LogP contribution in [-0.2, 0) is 15.7 Å². The Morgan fingerprint density at radius 3 is 2.67 bits per heavy atom. The van der Waals surface area contributed by atoms with Crippen LogP contribution in [0.15, 0.2) is 72.9 Å². The summed E-state index contributed by atoms with van der Waals surface area (Å²) in [4.78, 5) is 41.3. The van der Waals surface area contributed by atoms with E-state index in [0.29, 0.717) is 28.8 Å². The molecule has 6 rings (SSSR count). The number of aliphatic hydroxyl groups excluding tert-OH is 1. The highest BCUT2D eigenvalue weighted by molar-refractivity contribution is 5.98. The summed E-state index contributed by atoms with van der Waals surface area (Å²) < 4.78 is 8.45. The first-order valence-corrected chi connectivity index (χ1v) is 16.1. The number of likely N-dealkylation sites (tertiary alicyclic amines) is 1. The predicted octanol–water partition coefficient (Wildman–Crippen LogP) is 4.42. The number of nitrogens with one attached hydrogen (secondary N) is 3. The summed E-state index contributed by atoms with van der Waals surface area (Å²) in [6.07, 6.45) is 7.58. The molecule has 1 saturated heterocycles. The van der Waals surface area contributed by atoms with Crippen LogP contribution in [0.25, 0.3) is 5.65 Å². The molecule has 3 atom stereocenters. The van der Waals surface area contributed by atoms with Gasteiger partial charge in [0.15, 0.2) is 17.8 Å². The number of rotatable bonds is 9. The quantitative estimate of drug-likeness (QED) is 0.154. The number of ether oxygens (including phenoxy) is 1. The second kappa shape index (κ2) is 13.2. The van der Waals surface area contributed by atoms with Gasteiger partial charge in [0.05, 0.1) is 18.8 Å². The molecule has 1 fully saturated rings. The Hall–Kier alpha value is -5.07. The van der Waals surface area contributed by atoms with Gasteiger partial charge >= 0.3 is 6.03 Å². The summed E-state index contributed by atoms with van der Waals surface area (Å²) in [5.41, 5.74) is 1.80. The van der Waals surface area contributed by atoms with E-state index >= 15 is 0 Å². The number of hydrogen-bond donors (Lipinski definition) is 4. The summed E-state index contributed by atoms with van der Waals surface area (Å²) >= 11 is 0. The normalized spacial score (nSPS) is 20.7. The summed E-state index contributed by atoms with van der Waals surface area (Å²) in [5.74, 6) is 1.11. The molecule has 2 aromatic heterocycles. The zero-order valence-corrected chi connectivity index (χ0v) is 27.6. The summed E-state index contributed by atoms with van der Waals surface area (Å²) in [6.45, 7) is 6.93. The highest BCUT2D eigenvalue weighted by Crippen LogP contribution is 2.38. The van der Waals surface area contributed by atoms with E-state index in [2.05, 4.69) is 38.1 Å². The molecule has 1 aliphatic heterocycles. The van der Waals surface area contributed by atoms with E-state index in [9.17, 15) is 14.4 Å². The van der Waals surface area contributed by atoms with Crippen molar-refractivity contribution in [3.8, 4) is 5.75 Å². The summed E-state index contributed by atoms with van der Waals surface area (Å²) in [6, 6.07) is 15.7. The minimum absolute atomic E-state index is 0.106. The molecule has 3 heterocycles. The van der Waals surface area contributed by atoms with Crippen molar-refractivity contribution in [2.24, 2.45) is 0 Å². The lowest BCUT2D eigenvalue weighted by atomic mass is 9.81. The van der Waals surface area contributed by atoms with Crippen molar-refractivity contribution in [1.29, 1.82) is 0 Å². The number of aliphatic hydroxyl groups is 1. The predicted molar refractivity (Wildman–Crippen MR) is 181 cm³/mol. The van der Waals surface area contributed by atoms with Crippen LogP contribution in [0.1, 0.15) is 78.6 Å². The van der Waals surface area contributed by atoms with Gasteiger partial charge in [0, 0.05) is 23.4 Å². The van der Waals surface area contributed by atoms with Crippen molar-refractivity contribution in [2.75, 3.05) is 32.1 Å². The van der Waals surface area contributed by atoms with Crippen LogP contribution in [0.3, 0.4) is 0 Å². The van der Waals surface area contributed by atoms with Crippen molar-refractivity contribution in [1.82, 2.24) is 30.1 Å². The molecule has 250 valence electrons. The minimum atomic E-state index is -1.47. The maximum atomic E-state index is 13.5. The third-order valence-corrected chi connectivity index (χ3v) is 8.95. The van der Waals surface area contributed by atoms with E-state index in [0.717, 1.165) is 42.0 Å². The van der Waals surface area contributed by atoms with Crippen molar-refractivity contribution in [3.63, 3.8) is 0 Å². The van der Waals surface area contributed by atoms with Crippen molar-refractivity contribution >= 4 is 29.6 Å². The van der Waals surface area contributed by atoms with E-state index in [1.807, 2.05) is 61.7 Å². The van der Waals surface area contributed by atoms with Crippen LogP contribution >= 0.6 is 0 Å². The molecule has 4 aromatic rings. The average molecular weight is 652 g/mol. The molecular formula is C36H41N7O5. The Balaban J connectivity index is 1.25. The number of urea groups is 1. The van der Waals surface area contributed by atoms with Crippen LogP contribution in [0.5, 0.6) is 5.75 Å². The zero-order chi connectivity index (χ0) is 34.1. The molecule has 1 aliphatic carbocycles. The first kappa shape index (κ1) is 32.9. The van der Waals surface area contributed by atoms with Crippen molar-refractivity contribution in [2.45, 2.75) is 56.7 Å². The van der Waals surface area contributed by atoms with Gasteiger partial charge in [0.25, 0.3) is 5.91 Å². The van der Waals surface area contributed by atoms with Gasteiger partial charge in [-0.15, -0.1) is 10.2 Å². The second-order valence-electron chi connectivity index (χ2n) is 13.4. The number of anilines is 1. The van der Waals surface area contributed by atoms with E-state index in [-0.39, 0.29) is 30.5 Å². The number of fused-ring (bicyclic) bond motifs is 2. The number of aldehydes is 1. The summed E-state index contributed by atoms with van der Waals surface area (Å²) in [5, 5.41) is 26.3. The molecule has 0 spiro atoms. The molecule has 2 aromatic carbocycles. The van der Waals surface area contributed by atoms with Crippen LogP contribution in [0.4, 0.5) is 10.5 Å². The molecule has 2 aliphatic rings. The minimum Gasteiger partial charge on any atom is -0.480 e. The molecule has 0 bridgehead atoms. The number of aromatic nitrogens is 3. The fourth-order valence-electron chi connectivity index (χ4n) is 6.35. The van der Waals surface area contributed by atoms with E-state index in [4.69, 9.17) is 9.84 Å². The Morgan fingerprint density at radius 1 is 1.12 bits per heavy atom. The first-order chi connectivity index (χ1) is 23.0. The Kier molecular flexibility index (Phi) is 9.04. The molecule has 0 radical (unpaired) electrons. The Labute approximate surface area is 279 Å². The standard InChI is InChI=1S/C36H41N7O5/c1-35(2,3)24-18-23(33(46)37-15-17-44)19-25(20-24)38-34(47)39-36(22-45)14-13-30(27-8-5-6-9-28(27)36)48-26-11-12-31-40-41-32(43(31)21-26)29-10-7-16-42(29)4/h5-6,8-9,11-14,18-22,29-30,44H,7,10,15-17H2,1-4H3,(H,37,46)(H2,38,39,47)/t29-,30+,36+/m0/s1. The van der Waals surface area contributed by atoms with Crippen molar-refractivity contribution in [3.05, 3.63) is 101 Å². The Bertz CT molecular complexity index is 1880. The highest BCUT2D eigenvalue weighted by atomic mass is 16.5. The zero-order valence-electron chi connectivity index (χ0n) is 27.6. The van der Waals surface area contributed by atoms with Gasteiger partial charge in [-0.05, 0) is 85.5 Å². The highest BCUT2D eigenvalue weighted by Gasteiger charge is 2.38. The van der Waals surface area contributed by atoms with Gasteiger partial charge in [0.2, 0.25) is 0 Å². The molecule has 12 heteroatoms. The summed E-state index contributed by atoms with van der Waals surface area (Å²) in [7, 11) is 2.09. The first-order valence-electron chi connectivity index (χ1n) is 16.1. The van der Waals surface area contributed by atoms with Gasteiger partial charge < -0.3 is 25.8 Å². The molecule has 0 unspecified atom stereocenters. The average Bonchev–Trinajstić information content (AvgIpc) is 3.69. The van der Waals surface area contributed by atoms with Gasteiger partial charge in [-0.2, -0.15) is 0 Å². The third-order valence-electron chi connectivity index (χ3n) is 8.95. The molecule has 4 N–H and O–H groups in total. The van der Waals surface area contributed by atoms with Gasteiger partial charge in [-0.25, -0.2) is 4.79 Å². The molecule has 12 nitrogen and oxygen atoms in total. The van der Waals surface area contributed by atoms with Gasteiger partial charge in [-0.1, -0.05) is 45.0 Å². The SMILES string of the molecule is CN1CCC[C@H]1c1nnc2ccc(O[C@@H]3C=C[C@](C=O)(NC(=O)Nc4cc(C(=O)NCCO)cc(C(C)(C)C)c4)c4ccccc43)cn12. The number of amides is 3. The molecule has 0 saturated carbocycles. The lowest BCUT2D eigenvalue weighted by Gasteiger charge is -2.34. The number of pyridine rings is 1. The largest absolute Gasteiger partial charge is 0.480 e. The molecule has 48 heavy (non-hydrogen) atoms. The third kappa shape index (κ3) is 6.54. The Morgan fingerprint density at radius 2 is 1.94 bits per heavy atom. The van der Waals surface area contributed by atoms with E-state index in [1.165, 1.54) is 0 Å². The smallest absolute Gasteiger partial charge is 0.320 e. The van der Waals surface area contributed by atoms with E-state index in [1.54, 1.807) is 36.4 Å². The number of nitrogens with zero attached hydrogens (tertiary/aromatic N) is 4. The fraction of sp³-hybridized carbons (Fsp3) is 0.361. The molecule has 3 amide bonds. The van der Waals surface area contributed by atoms with E-state index < -0.39 is 17.7 Å². The lowest BCUT2D eigenvalue weighted by Crippen LogP contribution is -2.49. The molecular weight excluding hydrogens is 610 g/mol. The number of carbonyl (C=O) groups excluding carboxylic acids is 3. The van der Waals surface area contributed by atoms with Crippen LogP contribution in [-0.4, -0.2) is 69.6 Å². The maximum Gasteiger partial charge on any atom is 0.320 e. The van der Waals surface area contributed by atoms with Crippen molar-refractivity contribution < 1.29 is 24.2 Å². The maximum absolute atomic E-state index is 13.5. The number of hydrogen-bond acceptors (Lipinski definition) is 8. The second-order valence-corrected chi connectivity index (χ2v) is 13.4. The fourth-order valence-corrected chi connectivity index (χ4v) is 6.35. The topological polar surface area (TPSA) is 150 Å². The van der Waals surface area contributed by atoms with Gasteiger partial charge in [-0.3, -0.25) is 18.9 Å². The van der Waals surface area contributed by atoms with Crippen LogP contribution < -0.4 is 20.7 Å². The van der Waals surface area contributed by atoms with Crippen LogP contribution in [0, 0.1) is 0 Å². The van der Waals surface area contributed by atoms with Crippen LogP contribution in [0.2, 0.25) is 0 Å². The number of carbonyl (C=O) groups is 3. The van der Waals surface area contributed by atoms with Gasteiger partial charge in [0.1, 0.15) is 17.4 Å². The number of benzene rings is 2. The lowest BCUT2D eigenvalue weighted by molar-refractivity contribution is -0.111. The monoisotopic (exact) mass is 651 g/mol.